The standard InChI is InChI=1S/C14H16N2O2S/c1-16(13-6-4-3-5-7-13)14-10-8-12(9-11-14)15-19(2,17)18/h3-11,15H,1-2H3. The van der Waals surface area contributed by atoms with Gasteiger partial charge in [0.2, 0.25) is 10.0 Å². The molecule has 2 aromatic carbocycles. The Balaban J connectivity index is 2.19. The van der Waals surface area contributed by atoms with Crippen molar-refractivity contribution in [2.24, 2.45) is 0 Å². The van der Waals surface area contributed by atoms with Gasteiger partial charge in [0.25, 0.3) is 0 Å². The van der Waals surface area contributed by atoms with Gasteiger partial charge in [0.1, 0.15) is 0 Å². The zero-order valence-corrected chi connectivity index (χ0v) is 11.7. The average molecular weight is 276 g/mol. The largest absolute Gasteiger partial charge is 0.345 e. The second kappa shape index (κ2) is 5.32. The summed E-state index contributed by atoms with van der Waals surface area (Å²) in [6.45, 7) is 0. The minimum Gasteiger partial charge on any atom is -0.345 e. The molecule has 0 aliphatic heterocycles. The second-order valence-electron chi connectivity index (χ2n) is 4.32. The summed E-state index contributed by atoms with van der Waals surface area (Å²) in [7, 11) is -1.26. The monoisotopic (exact) mass is 276 g/mol. The number of hydrogen-bond donors (Lipinski definition) is 1. The van der Waals surface area contributed by atoms with Crippen LogP contribution in [0, 0.1) is 0 Å². The van der Waals surface area contributed by atoms with E-state index in [1.807, 2.05) is 54.4 Å². The molecule has 1 N–H and O–H groups in total. The molecule has 2 aromatic rings. The number of benzene rings is 2. The van der Waals surface area contributed by atoms with Crippen LogP contribution in [0.25, 0.3) is 0 Å². The second-order valence-corrected chi connectivity index (χ2v) is 6.06. The molecule has 0 fully saturated rings. The van der Waals surface area contributed by atoms with E-state index in [4.69, 9.17) is 0 Å². The normalized spacial score (nSPS) is 11.1. The van der Waals surface area contributed by atoms with Gasteiger partial charge in [-0.25, -0.2) is 8.42 Å². The molecule has 4 nitrogen and oxygen atoms in total. The first-order valence-electron chi connectivity index (χ1n) is 5.82. The Labute approximate surface area is 113 Å². The molecule has 0 saturated heterocycles. The van der Waals surface area contributed by atoms with E-state index in [1.165, 1.54) is 0 Å². The number of nitrogens with zero attached hydrogens (tertiary/aromatic N) is 1. The number of sulfonamides is 1. The highest BCUT2D eigenvalue weighted by Crippen LogP contribution is 2.24. The molecule has 0 saturated carbocycles. The molecule has 0 aromatic heterocycles. The average Bonchev–Trinajstić information content (AvgIpc) is 2.38. The van der Waals surface area contributed by atoms with Gasteiger partial charge in [-0.3, -0.25) is 4.72 Å². The van der Waals surface area contributed by atoms with E-state index in [2.05, 4.69) is 4.72 Å². The van der Waals surface area contributed by atoms with Crippen molar-refractivity contribution < 1.29 is 8.42 Å². The van der Waals surface area contributed by atoms with Crippen LogP contribution in [-0.2, 0) is 10.0 Å². The van der Waals surface area contributed by atoms with Gasteiger partial charge in [-0.1, -0.05) is 18.2 Å². The highest BCUT2D eigenvalue weighted by Gasteiger charge is 2.05. The highest BCUT2D eigenvalue weighted by molar-refractivity contribution is 7.92. The molecule has 100 valence electrons. The van der Waals surface area contributed by atoms with E-state index in [1.54, 1.807) is 12.1 Å². The molecule has 0 aliphatic rings. The summed E-state index contributed by atoms with van der Waals surface area (Å²) >= 11 is 0. The molecule has 5 heteroatoms. The molecule has 0 aliphatic carbocycles. The fourth-order valence-electron chi connectivity index (χ4n) is 1.77. The van der Waals surface area contributed by atoms with E-state index >= 15 is 0 Å². The Bertz CT molecular complexity index is 637. The lowest BCUT2D eigenvalue weighted by Gasteiger charge is -2.19. The van der Waals surface area contributed by atoms with Gasteiger partial charge < -0.3 is 4.90 Å². The summed E-state index contributed by atoms with van der Waals surface area (Å²) in [5.41, 5.74) is 2.63. The van der Waals surface area contributed by atoms with Crippen LogP contribution in [0.1, 0.15) is 0 Å². The minimum absolute atomic E-state index is 0.563. The molecule has 2 rings (SSSR count). The number of nitrogens with one attached hydrogen (secondary N) is 1. The fourth-order valence-corrected chi connectivity index (χ4v) is 2.33. The summed E-state index contributed by atoms with van der Waals surface area (Å²) in [5.74, 6) is 0. The lowest BCUT2D eigenvalue weighted by Crippen LogP contribution is -2.11. The molecule has 0 heterocycles. The van der Waals surface area contributed by atoms with Gasteiger partial charge in [-0.15, -0.1) is 0 Å². The lowest BCUT2D eigenvalue weighted by molar-refractivity contribution is 0.607. The Hall–Kier alpha value is -2.01. The summed E-state index contributed by atoms with van der Waals surface area (Å²) in [6, 6.07) is 17.2. The zero-order valence-electron chi connectivity index (χ0n) is 10.9. The third-order valence-corrected chi connectivity index (χ3v) is 3.31. The topological polar surface area (TPSA) is 49.4 Å². The molecular formula is C14H16N2O2S. The van der Waals surface area contributed by atoms with E-state index in [0.29, 0.717) is 5.69 Å². The van der Waals surface area contributed by atoms with Crippen molar-refractivity contribution in [1.82, 2.24) is 0 Å². The first-order chi connectivity index (χ1) is 8.96. The van der Waals surface area contributed by atoms with Crippen molar-refractivity contribution in [2.75, 3.05) is 22.9 Å². The van der Waals surface area contributed by atoms with Crippen molar-refractivity contribution in [2.45, 2.75) is 0 Å². The SMILES string of the molecule is CN(c1ccccc1)c1ccc(NS(C)(=O)=O)cc1. The minimum atomic E-state index is -3.23. The Morgan fingerprint density at radius 2 is 1.42 bits per heavy atom. The van der Waals surface area contributed by atoms with Crippen LogP contribution < -0.4 is 9.62 Å². The van der Waals surface area contributed by atoms with Crippen LogP contribution in [0.3, 0.4) is 0 Å². The van der Waals surface area contributed by atoms with Gasteiger partial charge in [0.15, 0.2) is 0 Å². The van der Waals surface area contributed by atoms with Crippen LogP contribution >= 0.6 is 0 Å². The Kier molecular flexibility index (Phi) is 3.76. The van der Waals surface area contributed by atoms with Gasteiger partial charge in [0, 0.05) is 24.1 Å². The summed E-state index contributed by atoms with van der Waals surface area (Å²) < 4.78 is 24.7. The fraction of sp³-hybridized carbons (Fsp3) is 0.143. The Morgan fingerprint density at radius 3 is 1.95 bits per heavy atom. The van der Waals surface area contributed by atoms with Crippen LogP contribution in [0.4, 0.5) is 17.1 Å². The first-order valence-corrected chi connectivity index (χ1v) is 7.71. The molecule has 0 amide bonds. The molecule has 19 heavy (non-hydrogen) atoms. The molecule has 0 radical (unpaired) electrons. The maximum atomic E-state index is 11.1. The van der Waals surface area contributed by atoms with E-state index < -0.39 is 10.0 Å². The first kappa shape index (κ1) is 13.4. The summed E-state index contributed by atoms with van der Waals surface area (Å²) in [5, 5.41) is 0. The van der Waals surface area contributed by atoms with Crippen molar-refractivity contribution in [1.29, 1.82) is 0 Å². The maximum absolute atomic E-state index is 11.1. The number of rotatable bonds is 4. The third-order valence-electron chi connectivity index (χ3n) is 2.70. The number of para-hydroxylation sites is 1. The van der Waals surface area contributed by atoms with Gasteiger partial charge in [-0.05, 0) is 36.4 Å². The van der Waals surface area contributed by atoms with Crippen molar-refractivity contribution in [3.05, 3.63) is 54.6 Å². The molecular weight excluding hydrogens is 260 g/mol. The molecule has 0 unspecified atom stereocenters. The van der Waals surface area contributed by atoms with Crippen molar-refractivity contribution >= 4 is 27.1 Å². The zero-order chi connectivity index (χ0) is 13.9. The van der Waals surface area contributed by atoms with Crippen LogP contribution in [0.2, 0.25) is 0 Å². The summed E-state index contributed by atoms with van der Waals surface area (Å²) in [4.78, 5) is 2.03. The van der Waals surface area contributed by atoms with E-state index in [9.17, 15) is 8.42 Å². The van der Waals surface area contributed by atoms with Gasteiger partial charge in [-0.2, -0.15) is 0 Å². The van der Waals surface area contributed by atoms with Crippen LogP contribution in [0.5, 0.6) is 0 Å². The van der Waals surface area contributed by atoms with Gasteiger partial charge in [0.05, 0.1) is 6.26 Å². The van der Waals surface area contributed by atoms with E-state index in [0.717, 1.165) is 17.6 Å². The van der Waals surface area contributed by atoms with Crippen molar-refractivity contribution in [3.63, 3.8) is 0 Å². The Morgan fingerprint density at radius 1 is 0.895 bits per heavy atom. The highest BCUT2D eigenvalue weighted by atomic mass is 32.2. The third kappa shape index (κ3) is 3.72. The van der Waals surface area contributed by atoms with Crippen LogP contribution in [-0.4, -0.2) is 21.7 Å². The van der Waals surface area contributed by atoms with Crippen LogP contribution in [0.15, 0.2) is 54.6 Å². The van der Waals surface area contributed by atoms with Gasteiger partial charge >= 0.3 is 0 Å². The number of hydrogen-bond acceptors (Lipinski definition) is 3. The molecule has 0 bridgehead atoms. The molecule has 0 atom stereocenters. The van der Waals surface area contributed by atoms with Crippen molar-refractivity contribution in [3.8, 4) is 0 Å². The lowest BCUT2D eigenvalue weighted by atomic mass is 10.2. The molecule has 0 spiro atoms. The predicted octanol–water partition coefficient (Wildman–Crippen LogP) is 2.83. The quantitative estimate of drug-likeness (QED) is 0.934. The smallest absolute Gasteiger partial charge is 0.229 e. The number of anilines is 3. The predicted molar refractivity (Wildman–Crippen MR) is 79.4 cm³/mol. The summed E-state index contributed by atoms with van der Waals surface area (Å²) in [6.07, 6.45) is 1.14. The van der Waals surface area contributed by atoms with E-state index in [-0.39, 0.29) is 0 Å². The maximum Gasteiger partial charge on any atom is 0.229 e.